The molecule has 5 N–H and O–H groups in total. The van der Waals surface area contributed by atoms with Crippen LogP contribution in [0, 0.1) is 13.8 Å². The number of nitrogens with one attached hydrogen (secondary N) is 3. The fourth-order valence-electron chi connectivity index (χ4n) is 3.69. The number of para-hydroxylation sites is 1. The molecular weight excluding hydrogens is 508 g/mol. The molecule has 192 valence electrons. The van der Waals surface area contributed by atoms with Crippen molar-refractivity contribution in [3.63, 3.8) is 0 Å². The summed E-state index contributed by atoms with van der Waals surface area (Å²) in [5.41, 5.74) is 9.92. The number of ether oxygens (including phenoxy) is 1. The Hall–Kier alpha value is -3.86. The highest BCUT2D eigenvalue weighted by atomic mass is 32.2. The number of aryl methyl sites for hydroxylation is 2. The molecule has 1 aromatic heterocycles. The lowest BCUT2D eigenvalue weighted by Gasteiger charge is -2.10. The summed E-state index contributed by atoms with van der Waals surface area (Å²) in [5.74, 6) is 1.23. The predicted molar refractivity (Wildman–Crippen MR) is 149 cm³/mol. The van der Waals surface area contributed by atoms with Gasteiger partial charge >= 0.3 is 6.03 Å². The predicted octanol–water partition coefficient (Wildman–Crippen LogP) is 5.51. The third-order valence-corrected chi connectivity index (χ3v) is 8.36. The average molecular weight is 537 g/mol. The highest BCUT2D eigenvalue weighted by Crippen LogP contribution is 2.38. The van der Waals surface area contributed by atoms with E-state index in [9.17, 15) is 13.2 Å². The first-order valence-electron chi connectivity index (χ1n) is 11.5. The molecule has 0 saturated carbocycles. The summed E-state index contributed by atoms with van der Waals surface area (Å²) in [4.78, 5) is 12.9. The summed E-state index contributed by atoms with van der Waals surface area (Å²) < 4.78 is 34.4. The van der Waals surface area contributed by atoms with Crippen molar-refractivity contribution >= 4 is 38.8 Å². The average Bonchev–Trinajstić information content (AvgIpc) is 3.34. The third-order valence-electron chi connectivity index (χ3n) is 5.29. The van der Waals surface area contributed by atoms with Gasteiger partial charge in [-0.15, -0.1) is 11.3 Å². The Morgan fingerprint density at radius 2 is 1.62 bits per heavy atom. The number of sulfonamides is 1. The number of anilines is 2. The number of amides is 2. The molecule has 0 aliphatic carbocycles. The van der Waals surface area contributed by atoms with E-state index in [4.69, 9.17) is 10.5 Å². The van der Waals surface area contributed by atoms with E-state index in [0.717, 1.165) is 32.9 Å². The molecule has 1 heterocycles. The lowest BCUT2D eigenvalue weighted by Crippen LogP contribution is -2.36. The monoisotopic (exact) mass is 536 g/mol. The number of nitrogen functional groups attached to an aromatic ring is 1. The number of rotatable bonds is 9. The fourth-order valence-corrected chi connectivity index (χ4v) is 6.10. The Kier molecular flexibility index (Phi) is 8.12. The van der Waals surface area contributed by atoms with Crippen molar-refractivity contribution in [1.29, 1.82) is 0 Å². The van der Waals surface area contributed by atoms with Crippen molar-refractivity contribution in [2.24, 2.45) is 0 Å². The van der Waals surface area contributed by atoms with Crippen LogP contribution in [0.25, 0.3) is 10.4 Å². The van der Waals surface area contributed by atoms with Gasteiger partial charge in [0.2, 0.25) is 10.0 Å². The van der Waals surface area contributed by atoms with Crippen LogP contribution in [-0.4, -0.2) is 27.5 Å². The van der Waals surface area contributed by atoms with Crippen molar-refractivity contribution < 1.29 is 17.9 Å². The van der Waals surface area contributed by atoms with Crippen molar-refractivity contribution in [2.75, 3.05) is 24.1 Å². The first-order valence-corrected chi connectivity index (χ1v) is 13.8. The van der Waals surface area contributed by atoms with Crippen LogP contribution in [0.15, 0.2) is 83.1 Å². The summed E-state index contributed by atoms with van der Waals surface area (Å²) in [6.45, 7) is 4.08. The number of carbonyl (C=O) groups is 1. The van der Waals surface area contributed by atoms with Gasteiger partial charge in [0.25, 0.3) is 0 Å². The largest absolute Gasteiger partial charge is 0.457 e. The maximum Gasteiger partial charge on any atom is 0.319 e. The quantitative estimate of drug-likeness (QED) is 0.166. The molecule has 4 aromatic rings. The molecule has 0 atom stereocenters. The Labute approximate surface area is 220 Å². The normalized spacial score (nSPS) is 11.2. The fraction of sp³-hybridized carbons (Fsp3) is 0.148. The van der Waals surface area contributed by atoms with Crippen LogP contribution in [0.5, 0.6) is 11.5 Å². The zero-order valence-corrected chi connectivity index (χ0v) is 22.1. The third kappa shape index (κ3) is 7.10. The smallest absolute Gasteiger partial charge is 0.319 e. The maximum atomic E-state index is 12.8. The minimum Gasteiger partial charge on any atom is -0.457 e. The lowest BCUT2D eigenvalue weighted by atomic mass is 10.1. The van der Waals surface area contributed by atoms with Gasteiger partial charge in [0, 0.05) is 34.9 Å². The molecule has 8 nitrogen and oxygen atoms in total. The molecule has 37 heavy (non-hydrogen) atoms. The molecule has 3 aromatic carbocycles. The van der Waals surface area contributed by atoms with E-state index in [2.05, 4.69) is 15.4 Å². The molecule has 10 heteroatoms. The molecule has 0 saturated heterocycles. The molecule has 0 bridgehead atoms. The molecule has 0 aliphatic rings. The number of benzene rings is 3. The first-order chi connectivity index (χ1) is 17.7. The Morgan fingerprint density at radius 1 is 0.919 bits per heavy atom. The molecule has 0 aliphatic heterocycles. The van der Waals surface area contributed by atoms with Crippen LogP contribution in [0.4, 0.5) is 16.2 Å². The van der Waals surface area contributed by atoms with Gasteiger partial charge in [0.15, 0.2) is 0 Å². The Balaban J connectivity index is 1.35. The molecule has 0 spiro atoms. The molecule has 4 rings (SSSR count). The SMILES string of the molecule is Cc1cc(C)cc(NC(=O)NCCNS(=O)(=O)c2ccc(-c3ccccc3Oc3ccc(N)cc3)s2)c1. The summed E-state index contributed by atoms with van der Waals surface area (Å²) in [6, 6.07) is 23.1. The lowest BCUT2D eigenvalue weighted by molar-refractivity contribution is 0.252. The molecule has 0 fully saturated rings. The van der Waals surface area contributed by atoms with E-state index in [1.165, 1.54) is 0 Å². The molecule has 2 amide bonds. The number of carbonyl (C=O) groups excluding carboxylic acids is 1. The van der Waals surface area contributed by atoms with E-state index < -0.39 is 16.1 Å². The number of thiophene rings is 1. The van der Waals surface area contributed by atoms with E-state index in [0.29, 0.717) is 22.9 Å². The van der Waals surface area contributed by atoms with Crippen LogP contribution in [0.1, 0.15) is 11.1 Å². The van der Waals surface area contributed by atoms with Gasteiger partial charge in [-0.1, -0.05) is 18.2 Å². The van der Waals surface area contributed by atoms with Crippen LogP contribution in [0.3, 0.4) is 0 Å². The van der Waals surface area contributed by atoms with Crippen LogP contribution < -0.4 is 25.8 Å². The van der Waals surface area contributed by atoms with Gasteiger partial charge in [0.1, 0.15) is 15.7 Å². The maximum absolute atomic E-state index is 12.8. The minimum absolute atomic E-state index is 0.0483. The van der Waals surface area contributed by atoms with E-state index in [1.54, 1.807) is 36.4 Å². The van der Waals surface area contributed by atoms with E-state index in [-0.39, 0.29) is 17.3 Å². The van der Waals surface area contributed by atoms with E-state index in [1.807, 2.05) is 56.3 Å². The first kappa shape index (κ1) is 26.2. The van der Waals surface area contributed by atoms with Crippen LogP contribution in [-0.2, 0) is 10.0 Å². The number of urea groups is 1. The zero-order chi connectivity index (χ0) is 26.4. The van der Waals surface area contributed by atoms with Gasteiger partial charge < -0.3 is 21.1 Å². The topological polar surface area (TPSA) is 123 Å². The van der Waals surface area contributed by atoms with E-state index >= 15 is 0 Å². The molecular formula is C27H28N4O4S2. The summed E-state index contributed by atoms with van der Waals surface area (Å²) in [6.07, 6.45) is 0. The van der Waals surface area contributed by atoms with Crippen molar-refractivity contribution in [2.45, 2.75) is 18.1 Å². The van der Waals surface area contributed by atoms with Gasteiger partial charge in [-0.25, -0.2) is 17.9 Å². The molecule has 0 radical (unpaired) electrons. The van der Waals surface area contributed by atoms with Gasteiger partial charge in [-0.2, -0.15) is 0 Å². The van der Waals surface area contributed by atoms with Gasteiger partial charge in [-0.05, 0) is 85.6 Å². The minimum atomic E-state index is -3.75. The van der Waals surface area contributed by atoms with Crippen LogP contribution in [0.2, 0.25) is 0 Å². The summed E-state index contributed by atoms with van der Waals surface area (Å²) in [5, 5.41) is 5.42. The van der Waals surface area contributed by atoms with Crippen molar-refractivity contribution in [3.8, 4) is 21.9 Å². The standard InChI is InChI=1S/C27H28N4O4S2/c1-18-15-19(2)17-21(16-18)31-27(32)29-13-14-30-37(33,34)26-12-11-25(36-26)23-5-3-4-6-24(23)35-22-9-7-20(28)8-10-22/h3-12,15-17,30H,13-14,28H2,1-2H3,(H2,29,31,32). The highest BCUT2D eigenvalue weighted by Gasteiger charge is 2.18. The Bertz CT molecular complexity index is 1480. The second-order valence-electron chi connectivity index (χ2n) is 8.44. The van der Waals surface area contributed by atoms with Crippen molar-refractivity contribution in [1.82, 2.24) is 10.0 Å². The van der Waals surface area contributed by atoms with Gasteiger partial charge in [0.05, 0.1) is 0 Å². The zero-order valence-electron chi connectivity index (χ0n) is 20.4. The Morgan fingerprint density at radius 3 is 2.35 bits per heavy atom. The van der Waals surface area contributed by atoms with Crippen molar-refractivity contribution in [3.05, 3.63) is 90.0 Å². The summed E-state index contributed by atoms with van der Waals surface area (Å²) in [7, 11) is -3.75. The molecule has 0 unspecified atom stereocenters. The van der Waals surface area contributed by atoms with Crippen LogP contribution >= 0.6 is 11.3 Å². The number of hydrogen-bond acceptors (Lipinski definition) is 6. The van der Waals surface area contributed by atoms with Gasteiger partial charge in [-0.3, -0.25) is 0 Å². The second kappa shape index (κ2) is 11.5. The number of nitrogens with two attached hydrogens (primary N) is 1. The second-order valence-corrected chi connectivity index (χ2v) is 11.5. The summed E-state index contributed by atoms with van der Waals surface area (Å²) >= 11 is 1.14. The number of hydrogen-bond donors (Lipinski definition) is 4. The highest BCUT2D eigenvalue weighted by molar-refractivity contribution is 7.91.